The van der Waals surface area contributed by atoms with Crippen molar-refractivity contribution in [1.29, 1.82) is 0 Å². The van der Waals surface area contributed by atoms with Crippen molar-refractivity contribution in [3.05, 3.63) is 0 Å². The van der Waals surface area contributed by atoms with Gasteiger partial charge < -0.3 is 10.4 Å². The molecule has 2 heteroatoms. The van der Waals surface area contributed by atoms with Gasteiger partial charge in [0.2, 0.25) is 0 Å². The van der Waals surface area contributed by atoms with Gasteiger partial charge in [-0.3, -0.25) is 0 Å². The molecule has 1 aliphatic carbocycles. The largest absolute Gasteiger partial charge is 0.394 e. The zero-order valence-electron chi connectivity index (χ0n) is 9.84. The first kappa shape index (κ1) is 12.0. The van der Waals surface area contributed by atoms with Gasteiger partial charge in [-0.15, -0.1) is 0 Å². The van der Waals surface area contributed by atoms with Gasteiger partial charge in [0.1, 0.15) is 0 Å². The number of hydrogen-bond donors (Lipinski definition) is 2. The third-order valence-corrected chi connectivity index (χ3v) is 3.70. The number of aliphatic hydroxyl groups excluding tert-OH is 1. The van der Waals surface area contributed by atoms with Gasteiger partial charge in [-0.25, -0.2) is 0 Å². The van der Waals surface area contributed by atoms with E-state index in [2.05, 4.69) is 26.1 Å². The maximum atomic E-state index is 9.51. The van der Waals surface area contributed by atoms with Crippen LogP contribution in [0.25, 0.3) is 0 Å². The smallest absolute Gasteiger partial charge is 0.0613 e. The van der Waals surface area contributed by atoms with Gasteiger partial charge in [0.25, 0.3) is 0 Å². The summed E-state index contributed by atoms with van der Waals surface area (Å²) in [6, 6.07) is 0.524. The molecular formula is C12H25NO. The number of aliphatic hydroxyl groups is 1. The Hall–Kier alpha value is -0.0800. The summed E-state index contributed by atoms with van der Waals surface area (Å²) in [5.74, 6) is 0.841. The molecule has 1 rings (SSSR count). The predicted octanol–water partition coefficient (Wildman–Crippen LogP) is 2.32. The lowest BCUT2D eigenvalue weighted by atomic mass is 9.77. The second kappa shape index (κ2) is 5.13. The van der Waals surface area contributed by atoms with Crippen molar-refractivity contribution in [3.8, 4) is 0 Å². The average molecular weight is 199 g/mol. The fourth-order valence-corrected chi connectivity index (χ4v) is 2.29. The van der Waals surface area contributed by atoms with E-state index >= 15 is 0 Å². The van der Waals surface area contributed by atoms with Gasteiger partial charge in [0, 0.05) is 11.6 Å². The molecule has 1 unspecified atom stereocenters. The molecule has 0 spiro atoms. The minimum atomic E-state index is 0.0297. The summed E-state index contributed by atoms with van der Waals surface area (Å²) in [4.78, 5) is 0. The quantitative estimate of drug-likeness (QED) is 0.728. The van der Waals surface area contributed by atoms with E-state index in [-0.39, 0.29) is 5.54 Å². The molecule has 0 bridgehead atoms. The zero-order valence-corrected chi connectivity index (χ0v) is 9.84. The first-order valence-electron chi connectivity index (χ1n) is 6.00. The minimum Gasteiger partial charge on any atom is -0.394 e. The van der Waals surface area contributed by atoms with Crippen LogP contribution in [0.4, 0.5) is 0 Å². The number of nitrogens with one attached hydrogen (secondary N) is 1. The third-order valence-electron chi connectivity index (χ3n) is 3.70. The highest BCUT2D eigenvalue weighted by Crippen LogP contribution is 2.32. The summed E-state index contributed by atoms with van der Waals surface area (Å²) in [5, 5.41) is 13.1. The van der Waals surface area contributed by atoms with Gasteiger partial charge >= 0.3 is 0 Å². The Kier molecular flexibility index (Phi) is 4.39. The lowest BCUT2D eigenvalue weighted by Crippen LogP contribution is -2.53. The minimum absolute atomic E-state index is 0.0297. The first-order chi connectivity index (χ1) is 6.62. The Labute approximate surface area is 88.1 Å². The Bertz CT molecular complexity index is 162. The molecule has 0 aliphatic heterocycles. The van der Waals surface area contributed by atoms with Crippen LogP contribution >= 0.6 is 0 Å². The number of rotatable bonds is 4. The first-order valence-corrected chi connectivity index (χ1v) is 6.00. The fraction of sp³-hybridized carbons (Fsp3) is 1.00. The molecular weight excluding hydrogens is 174 g/mol. The van der Waals surface area contributed by atoms with Crippen molar-refractivity contribution < 1.29 is 5.11 Å². The maximum Gasteiger partial charge on any atom is 0.0613 e. The van der Waals surface area contributed by atoms with E-state index in [0.29, 0.717) is 12.6 Å². The number of hydrogen-bond acceptors (Lipinski definition) is 2. The molecule has 84 valence electrons. The van der Waals surface area contributed by atoms with Gasteiger partial charge in [0.15, 0.2) is 0 Å². The molecule has 0 aromatic carbocycles. The normalized spacial score (nSPS) is 35.6. The van der Waals surface area contributed by atoms with E-state index in [1.165, 1.54) is 12.8 Å². The van der Waals surface area contributed by atoms with Crippen LogP contribution in [0.15, 0.2) is 0 Å². The van der Waals surface area contributed by atoms with Crippen LogP contribution in [-0.4, -0.2) is 23.3 Å². The Balaban J connectivity index is 2.49. The van der Waals surface area contributed by atoms with E-state index in [9.17, 15) is 5.11 Å². The van der Waals surface area contributed by atoms with Crippen molar-refractivity contribution in [2.24, 2.45) is 5.92 Å². The summed E-state index contributed by atoms with van der Waals surface area (Å²) in [5.41, 5.74) is 0.0297. The second-order valence-corrected chi connectivity index (χ2v) is 5.07. The van der Waals surface area contributed by atoms with Gasteiger partial charge in [-0.05, 0) is 44.9 Å². The van der Waals surface area contributed by atoms with E-state index in [1.807, 2.05) is 0 Å². The van der Waals surface area contributed by atoms with Crippen LogP contribution in [0.1, 0.15) is 52.9 Å². The molecule has 0 aromatic rings. The maximum absolute atomic E-state index is 9.51. The Morgan fingerprint density at radius 1 is 1.43 bits per heavy atom. The molecule has 2 nitrogen and oxygen atoms in total. The molecule has 0 heterocycles. The lowest BCUT2D eigenvalue weighted by molar-refractivity contribution is 0.0955. The summed E-state index contributed by atoms with van der Waals surface area (Å²) in [6.45, 7) is 7.00. The summed E-state index contributed by atoms with van der Waals surface area (Å²) >= 11 is 0. The van der Waals surface area contributed by atoms with Crippen LogP contribution in [0.3, 0.4) is 0 Å². The molecule has 14 heavy (non-hydrogen) atoms. The summed E-state index contributed by atoms with van der Waals surface area (Å²) in [7, 11) is 0. The van der Waals surface area contributed by atoms with Crippen LogP contribution < -0.4 is 5.32 Å². The van der Waals surface area contributed by atoms with Crippen molar-refractivity contribution in [2.75, 3.05) is 6.61 Å². The summed E-state index contributed by atoms with van der Waals surface area (Å²) in [6.07, 6.45) is 5.91. The molecule has 0 amide bonds. The predicted molar refractivity (Wildman–Crippen MR) is 60.3 cm³/mol. The van der Waals surface area contributed by atoms with E-state index in [1.54, 1.807) is 0 Å². The van der Waals surface area contributed by atoms with Crippen molar-refractivity contribution in [3.63, 3.8) is 0 Å². The fourth-order valence-electron chi connectivity index (χ4n) is 2.29. The second-order valence-electron chi connectivity index (χ2n) is 5.07. The third kappa shape index (κ3) is 2.96. The summed E-state index contributed by atoms with van der Waals surface area (Å²) < 4.78 is 0. The van der Waals surface area contributed by atoms with Crippen LogP contribution in [0.5, 0.6) is 0 Å². The molecule has 1 aliphatic rings. The molecule has 0 aromatic heterocycles. The molecule has 1 fully saturated rings. The lowest BCUT2D eigenvalue weighted by Gasteiger charge is -2.40. The van der Waals surface area contributed by atoms with Gasteiger partial charge in [0.05, 0.1) is 6.61 Å². The highest BCUT2D eigenvalue weighted by Gasteiger charge is 2.33. The molecule has 1 saturated carbocycles. The van der Waals surface area contributed by atoms with E-state index in [4.69, 9.17) is 0 Å². The standard InChI is InChI=1S/C12H25NO/c1-4-11(3)13-12(9-14)7-5-10(2)6-8-12/h10-11,13-14H,4-9H2,1-3H3. The Morgan fingerprint density at radius 2 is 2.00 bits per heavy atom. The highest BCUT2D eigenvalue weighted by atomic mass is 16.3. The Morgan fingerprint density at radius 3 is 2.43 bits per heavy atom. The van der Waals surface area contributed by atoms with Crippen LogP contribution in [0.2, 0.25) is 0 Å². The highest BCUT2D eigenvalue weighted by molar-refractivity contribution is 4.93. The van der Waals surface area contributed by atoms with Crippen molar-refractivity contribution >= 4 is 0 Å². The zero-order chi connectivity index (χ0) is 10.6. The van der Waals surface area contributed by atoms with Crippen molar-refractivity contribution in [1.82, 2.24) is 5.32 Å². The average Bonchev–Trinajstić information content (AvgIpc) is 2.22. The van der Waals surface area contributed by atoms with E-state index < -0.39 is 0 Å². The van der Waals surface area contributed by atoms with Gasteiger partial charge in [-0.1, -0.05) is 13.8 Å². The molecule has 0 radical (unpaired) electrons. The molecule has 0 saturated heterocycles. The SMILES string of the molecule is CCC(C)NC1(CO)CCC(C)CC1. The topological polar surface area (TPSA) is 32.3 Å². The van der Waals surface area contributed by atoms with E-state index in [0.717, 1.165) is 25.2 Å². The molecule has 2 N–H and O–H groups in total. The van der Waals surface area contributed by atoms with Crippen molar-refractivity contribution in [2.45, 2.75) is 64.5 Å². The monoisotopic (exact) mass is 199 g/mol. The van der Waals surface area contributed by atoms with Crippen LogP contribution in [0, 0.1) is 5.92 Å². The molecule has 1 atom stereocenters. The van der Waals surface area contributed by atoms with Gasteiger partial charge in [-0.2, -0.15) is 0 Å². The van der Waals surface area contributed by atoms with Crippen LogP contribution in [-0.2, 0) is 0 Å².